The second kappa shape index (κ2) is 14.2. The monoisotopic (exact) mass is 667 g/mol. The van der Waals surface area contributed by atoms with Gasteiger partial charge < -0.3 is 29.4 Å². The van der Waals surface area contributed by atoms with Crippen LogP contribution >= 0.6 is 23.2 Å². The van der Waals surface area contributed by atoms with E-state index in [-0.39, 0.29) is 12.2 Å². The Morgan fingerprint density at radius 1 is 0.935 bits per heavy atom. The number of benzene rings is 3. The first kappa shape index (κ1) is 32.8. The number of fused-ring (bicyclic) bond motifs is 1. The van der Waals surface area contributed by atoms with Crippen molar-refractivity contribution in [2.75, 3.05) is 62.2 Å². The Morgan fingerprint density at radius 3 is 2.35 bits per heavy atom. The molecule has 0 bridgehead atoms. The Morgan fingerprint density at radius 2 is 1.67 bits per heavy atom. The van der Waals surface area contributed by atoms with Crippen molar-refractivity contribution in [3.05, 3.63) is 92.8 Å². The number of nitrogens with one attached hydrogen (secondary N) is 1. The predicted octanol–water partition coefficient (Wildman–Crippen LogP) is 6.54. The van der Waals surface area contributed by atoms with E-state index < -0.39 is 18.2 Å². The summed E-state index contributed by atoms with van der Waals surface area (Å²) in [5, 5.41) is 6.79. The third kappa shape index (κ3) is 6.80. The van der Waals surface area contributed by atoms with E-state index in [2.05, 4.69) is 5.32 Å². The zero-order chi connectivity index (χ0) is 33.0. The number of nitrogens with zero attached hydrogens (tertiary/aromatic N) is 4. The number of carbonyl (C=O) groups is 2. The average molecular weight is 669 g/mol. The van der Waals surface area contributed by atoms with Crippen LogP contribution in [0.2, 0.25) is 10.0 Å². The highest BCUT2D eigenvalue weighted by molar-refractivity contribution is 6.31. The van der Waals surface area contributed by atoms with E-state index in [0.717, 1.165) is 0 Å². The molecule has 46 heavy (non-hydrogen) atoms. The molecule has 1 atom stereocenters. The van der Waals surface area contributed by atoms with Crippen LogP contribution in [0, 0.1) is 0 Å². The summed E-state index contributed by atoms with van der Waals surface area (Å²) in [4.78, 5) is 44.1. The van der Waals surface area contributed by atoms with Crippen LogP contribution in [-0.2, 0) is 4.74 Å². The van der Waals surface area contributed by atoms with E-state index in [1.165, 1.54) is 12.0 Å². The molecule has 1 unspecified atom stereocenters. The van der Waals surface area contributed by atoms with Crippen LogP contribution in [0.3, 0.4) is 0 Å². The molecule has 0 spiro atoms. The van der Waals surface area contributed by atoms with Crippen LogP contribution in [0.15, 0.2) is 71.5 Å². The number of methoxy groups -OCH3 is 2. The van der Waals surface area contributed by atoms with E-state index in [1.807, 2.05) is 18.0 Å². The Hall–Kier alpha value is -4.61. The van der Waals surface area contributed by atoms with Gasteiger partial charge in [0.15, 0.2) is 0 Å². The van der Waals surface area contributed by atoms with Crippen molar-refractivity contribution in [3.8, 4) is 11.5 Å². The number of halogens is 2. The molecule has 0 saturated carbocycles. The number of piperazine rings is 1. The highest BCUT2D eigenvalue weighted by Gasteiger charge is 2.32. The Balaban J connectivity index is 1.65. The molecule has 13 heteroatoms. The van der Waals surface area contributed by atoms with Crippen LogP contribution < -0.4 is 30.3 Å². The van der Waals surface area contributed by atoms with Gasteiger partial charge in [0.25, 0.3) is 5.56 Å². The normalized spacial score (nSPS) is 13.7. The van der Waals surface area contributed by atoms with E-state index in [9.17, 15) is 14.4 Å². The first-order chi connectivity index (χ1) is 22.1. The maximum atomic E-state index is 14.3. The molecule has 1 fully saturated rings. The molecule has 2 heterocycles. The Bertz CT molecular complexity index is 1810. The van der Waals surface area contributed by atoms with Gasteiger partial charge in [-0.25, -0.2) is 14.3 Å². The fourth-order valence-corrected chi connectivity index (χ4v) is 5.90. The third-order valence-electron chi connectivity index (χ3n) is 7.81. The number of carbonyl (C=O) groups excluding carboxylic acids is 2. The lowest BCUT2D eigenvalue weighted by Gasteiger charge is -2.39. The number of aromatic nitrogens is 1. The van der Waals surface area contributed by atoms with Crippen LogP contribution in [0.25, 0.3) is 10.8 Å². The fraction of sp³-hybridized carbons (Fsp3) is 0.303. The largest absolute Gasteiger partial charge is 0.497 e. The molecular weight excluding hydrogens is 633 g/mol. The SMILES string of the molecule is CCOC(=O)N1CCN(n2c(C(C)N(C(=O)Nc3cccc(Cl)c3)c3ccc(OC)cc3OC)cc3ccc(Cl)cc3c2=O)CC1. The van der Waals surface area contributed by atoms with Gasteiger partial charge in [-0.1, -0.05) is 35.3 Å². The molecule has 3 aromatic carbocycles. The van der Waals surface area contributed by atoms with Crippen molar-refractivity contribution in [2.45, 2.75) is 19.9 Å². The van der Waals surface area contributed by atoms with Crippen molar-refractivity contribution in [1.29, 1.82) is 0 Å². The molecule has 3 amide bonds. The summed E-state index contributed by atoms with van der Waals surface area (Å²) in [5.41, 5.74) is 1.16. The van der Waals surface area contributed by atoms with Crippen LogP contribution in [0.5, 0.6) is 11.5 Å². The summed E-state index contributed by atoms with van der Waals surface area (Å²) in [6.45, 7) is 5.26. The standard InChI is InChI=1S/C33H35Cl2N5O6/c1-5-46-33(43)37-13-15-38(16-14-37)40-29(17-22-9-10-24(35)19-27(22)31(40)41)21(2)39(28-12-11-26(44-3)20-30(28)45-4)32(42)36-25-8-6-7-23(34)18-25/h6-12,17-21H,5,13-16H2,1-4H3,(H,36,42). The van der Waals surface area contributed by atoms with Gasteiger partial charge in [-0.2, -0.15) is 0 Å². The van der Waals surface area contributed by atoms with E-state index >= 15 is 0 Å². The summed E-state index contributed by atoms with van der Waals surface area (Å²) in [6.07, 6.45) is -0.399. The number of amides is 3. The summed E-state index contributed by atoms with van der Waals surface area (Å²) in [7, 11) is 3.05. The minimum atomic E-state index is -0.725. The number of anilines is 2. The lowest BCUT2D eigenvalue weighted by molar-refractivity contribution is 0.103. The number of hydrogen-bond donors (Lipinski definition) is 1. The maximum absolute atomic E-state index is 14.3. The van der Waals surface area contributed by atoms with Gasteiger partial charge in [0.05, 0.1) is 56.7 Å². The summed E-state index contributed by atoms with van der Waals surface area (Å²) >= 11 is 12.5. The number of urea groups is 1. The van der Waals surface area contributed by atoms with Gasteiger partial charge in [-0.3, -0.25) is 9.69 Å². The fourth-order valence-electron chi connectivity index (χ4n) is 5.53. The van der Waals surface area contributed by atoms with Gasteiger partial charge in [-0.05, 0) is 67.8 Å². The lowest BCUT2D eigenvalue weighted by Crippen LogP contribution is -2.56. The highest BCUT2D eigenvalue weighted by atomic mass is 35.5. The van der Waals surface area contributed by atoms with E-state index in [0.29, 0.717) is 75.6 Å². The van der Waals surface area contributed by atoms with Crippen molar-refractivity contribution in [2.24, 2.45) is 0 Å². The van der Waals surface area contributed by atoms with E-state index in [1.54, 1.807) is 84.3 Å². The number of pyridine rings is 1. The summed E-state index contributed by atoms with van der Waals surface area (Å²) in [5.74, 6) is 0.930. The van der Waals surface area contributed by atoms with Gasteiger partial charge in [0, 0.05) is 34.9 Å². The first-order valence-electron chi connectivity index (χ1n) is 14.7. The first-order valence-corrected chi connectivity index (χ1v) is 15.5. The molecule has 0 radical (unpaired) electrons. The highest BCUT2D eigenvalue weighted by Crippen LogP contribution is 2.38. The van der Waals surface area contributed by atoms with Crippen molar-refractivity contribution in [1.82, 2.24) is 9.58 Å². The van der Waals surface area contributed by atoms with Gasteiger partial charge in [0.2, 0.25) is 0 Å². The van der Waals surface area contributed by atoms with Gasteiger partial charge >= 0.3 is 12.1 Å². The van der Waals surface area contributed by atoms with Crippen LogP contribution in [0.1, 0.15) is 25.6 Å². The van der Waals surface area contributed by atoms with Crippen LogP contribution in [-0.4, -0.2) is 68.7 Å². The molecule has 5 rings (SSSR count). The van der Waals surface area contributed by atoms with E-state index in [4.69, 9.17) is 37.4 Å². The molecule has 11 nitrogen and oxygen atoms in total. The summed E-state index contributed by atoms with van der Waals surface area (Å²) in [6, 6.07) is 17.8. The molecule has 0 aliphatic carbocycles. The number of hydrogen-bond acceptors (Lipinski definition) is 7. The molecular formula is C33H35Cl2N5O6. The number of ether oxygens (including phenoxy) is 3. The second-order valence-electron chi connectivity index (χ2n) is 10.6. The number of rotatable bonds is 8. The zero-order valence-electron chi connectivity index (χ0n) is 26.0. The zero-order valence-corrected chi connectivity index (χ0v) is 27.5. The molecule has 1 aliphatic heterocycles. The predicted molar refractivity (Wildman–Crippen MR) is 181 cm³/mol. The maximum Gasteiger partial charge on any atom is 0.409 e. The molecule has 1 aliphatic rings. The molecule has 1 saturated heterocycles. The third-order valence-corrected chi connectivity index (χ3v) is 8.28. The molecule has 4 aromatic rings. The molecule has 242 valence electrons. The quantitative estimate of drug-likeness (QED) is 0.228. The Kier molecular flexibility index (Phi) is 10.1. The van der Waals surface area contributed by atoms with Crippen molar-refractivity contribution >= 4 is 57.5 Å². The van der Waals surface area contributed by atoms with Gasteiger partial charge in [0.1, 0.15) is 11.5 Å². The Labute approximate surface area is 276 Å². The molecule has 1 N–H and O–H groups in total. The molecule has 1 aromatic heterocycles. The minimum absolute atomic E-state index is 0.271. The second-order valence-corrected chi connectivity index (χ2v) is 11.5. The summed E-state index contributed by atoms with van der Waals surface area (Å²) < 4.78 is 17.9. The van der Waals surface area contributed by atoms with Crippen LogP contribution in [0.4, 0.5) is 21.0 Å². The van der Waals surface area contributed by atoms with Crippen molar-refractivity contribution in [3.63, 3.8) is 0 Å². The lowest BCUT2D eigenvalue weighted by atomic mass is 10.1. The topological polar surface area (TPSA) is 106 Å². The average Bonchev–Trinajstić information content (AvgIpc) is 3.05. The van der Waals surface area contributed by atoms with Gasteiger partial charge in [-0.15, -0.1) is 0 Å². The minimum Gasteiger partial charge on any atom is -0.497 e. The smallest absolute Gasteiger partial charge is 0.409 e. The van der Waals surface area contributed by atoms with Crippen molar-refractivity contribution < 1.29 is 23.8 Å².